The molecule has 14 heavy (non-hydrogen) atoms. The van der Waals surface area contributed by atoms with Crippen LogP contribution in [0.25, 0.3) is 0 Å². The Bertz CT molecular complexity index is 495. The molecule has 5 heteroatoms. The van der Waals surface area contributed by atoms with Crippen molar-refractivity contribution in [2.24, 2.45) is 0 Å². The van der Waals surface area contributed by atoms with Gasteiger partial charge in [-0.3, -0.25) is 0 Å². The van der Waals surface area contributed by atoms with Crippen molar-refractivity contribution in [2.45, 2.75) is 6.54 Å². The molecule has 2 aromatic rings. The number of hydrogen-bond donors (Lipinski definition) is 1. The fourth-order valence-corrected chi connectivity index (χ4v) is 1.55. The lowest BCUT2D eigenvalue weighted by Gasteiger charge is -2.16. The standard InChI is InChI=1S/C9H7N3O2/c13-9-11-8-10-7-4-2-1-3-6(7)5-12(8)14-9/h1-4H,5H2,(H,10,11,13). The van der Waals surface area contributed by atoms with E-state index in [0.717, 1.165) is 11.3 Å². The van der Waals surface area contributed by atoms with Gasteiger partial charge in [0.15, 0.2) is 0 Å². The number of anilines is 2. The van der Waals surface area contributed by atoms with Gasteiger partial charge in [-0.15, -0.1) is 4.98 Å². The number of para-hydroxylation sites is 1. The van der Waals surface area contributed by atoms with Gasteiger partial charge in [-0.25, -0.2) is 4.79 Å². The minimum absolute atomic E-state index is 0.466. The van der Waals surface area contributed by atoms with E-state index in [0.29, 0.717) is 12.5 Å². The first-order valence-electron chi connectivity index (χ1n) is 4.26. The molecule has 1 aromatic heterocycles. The highest BCUT2D eigenvalue weighted by atomic mass is 16.5. The van der Waals surface area contributed by atoms with E-state index in [2.05, 4.69) is 10.3 Å². The third kappa shape index (κ3) is 0.953. The number of benzene rings is 1. The molecule has 0 bridgehead atoms. The zero-order valence-corrected chi connectivity index (χ0v) is 7.23. The van der Waals surface area contributed by atoms with Gasteiger partial charge in [0, 0.05) is 5.69 Å². The monoisotopic (exact) mass is 189 g/mol. The molecule has 2 heterocycles. The fraction of sp³-hybridized carbons (Fsp3) is 0.111. The second-order valence-electron chi connectivity index (χ2n) is 3.11. The van der Waals surface area contributed by atoms with Gasteiger partial charge in [0.25, 0.3) is 0 Å². The van der Waals surface area contributed by atoms with E-state index in [1.165, 1.54) is 4.74 Å². The number of fused-ring (bicyclic) bond motifs is 2. The van der Waals surface area contributed by atoms with E-state index in [1.807, 2.05) is 24.3 Å². The second-order valence-corrected chi connectivity index (χ2v) is 3.11. The molecular weight excluding hydrogens is 182 g/mol. The summed E-state index contributed by atoms with van der Waals surface area (Å²) in [5, 5.41) is 3.02. The summed E-state index contributed by atoms with van der Waals surface area (Å²) in [6.45, 7) is 0.549. The summed E-state index contributed by atoms with van der Waals surface area (Å²) in [7, 11) is 0. The van der Waals surface area contributed by atoms with Crippen molar-refractivity contribution in [2.75, 3.05) is 5.32 Å². The van der Waals surface area contributed by atoms with Crippen molar-refractivity contribution in [3.63, 3.8) is 0 Å². The first-order valence-corrected chi connectivity index (χ1v) is 4.26. The lowest BCUT2D eigenvalue weighted by atomic mass is 10.1. The molecule has 0 radical (unpaired) electrons. The molecule has 1 aromatic carbocycles. The molecule has 1 aliphatic heterocycles. The van der Waals surface area contributed by atoms with Crippen LogP contribution < -0.4 is 11.1 Å². The zero-order valence-electron chi connectivity index (χ0n) is 7.23. The molecule has 0 spiro atoms. The van der Waals surface area contributed by atoms with Crippen molar-refractivity contribution in [3.8, 4) is 0 Å². The number of rotatable bonds is 0. The normalized spacial score (nSPS) is 12.9. The summed E-state index contributed by atoms with van der Waals surface area (Å²) in [4.78, 5) is 14.5. The van der Waals surface area contributed by atoms with Gasteiger partial charge in [0.2, 0.25) is 5.95 Å². The Morgan fingerprint density at radius 3 is 3.21 bits per heavy atom. The Morgan fingerprint density at radius 2 is 2.29 bits per heavy atom. The third-order valence-corrected chi connectivity index (χ3v) is 2.20. The van der Waals surface area contributed by atoms with Crippen LogP contribution in [0.15, 0.2) is 33.6 Å². The Kier molecular flexibility index (Phi) is 1.30. The molecule has 3 rings (SSSR count). The van der Waals surface area contributed by atoms with Crippen molar-refractivity contribution in [1.29, 1.82) is 0 Å². The molecule has 0 saturated heterocycles. The van der Waals surface area contributed by atoms with Gasteiger partial charge >= 0.3 is 5.76 Å². The fourth-order valence-electron chi connectivity index (χ4n) is 1.55. The maximum atomic E-state index is 10.9. The summed E-state index contributed by atoms with van der Waals surface area (Å²) in [5.74, 6) is -0.103. The third-order valence-electron chi connectivity index (χ3n) is 2.20. The van der Waals surface area contributed by atoms with E-state index < -0.39 is 5.76 Å². The van der Waals surface area contributed by atoms with Gasteiger partial charge in [0.1, 0.15) is 0 Å². The topological polar surface area (TPSA) is 60.1 Å². The van der Waals surface area contributed by atoms with E-state index in [9.17, 15) is 4.79 Å². The molecule has 0 atom stereocenters. The van der Waals surface area contributed by atoms with Gasteiger partial charge in [0.05, 0.1) is 6.54 Å². The van der Waals surface area contributed by atoms with Crippen LogP contribution in [-0.4, -0.2) is 9.72 Å². The van der Waals surface area contributed by atoms with E-state index >= 15 is 0 Å². The summed E-state index contributed by atoms with van der Waals surface area (Å²) >= 11 is 0. The summed E-state index contributed by atoms with van der Waals surface area (Å²) < 4.78 is 6.30. The molecule has 1 aliphatic rings. The van der Waals surface area contributed by atoms with Gasteiger partial charge < -0.3 is 9.84 Å². The molecule has 0 aliphatic carbocycles. The molecule has 0 fully saturated rings. The van der Waals surface area contributed by atoms with Crippen LogP contribution in [0, 0.1) is 0 Å². The van der Waals surface area contributed by atoms with Crippen LogP contribution in [0.2, 0.25) is 0 Å². The molecular formula is C9H7N3O2. The quantitative estimate of drug-likeness (QED) is 0.571. The van der Waals surface area contributed by atoms with Crippen molar-refractivity contribution >= 4 is 11.6 Å². The average molecular weight is 189 g/mol. The highest BCUT2D eigenvalue weighted by Gasteiger charge is 2.17. The first-order chi connectivity index (χ1) is 6.83. The minimum atomic E-state index is -0.569. The van der Waals surface area contributed by atoms with Crippen LogP contribution in [0.5, 0.6) is 0 Å². The lowest BCUT2D eigenvalue weighted by Crippen LogP contribution is -2.12. The highest BCUT2D eigenvalue weighted by molar-refractivity contribution is 5.60. The summed E-state index contributed by atoms with van der Waals surface area (Å²) in [6, 6.07) is 7.80. The van der Waals surface area contributed by atoms with E-state index in [4.69, 9.17) is 4.52 Å². The molecule has 1 N–H and O–H groups in total. The van der Waals surface area contributed by atoms with Crippen LogP contribution in [-0.2, 0) is 6.54 Å². The van der Waals surface area contributed by atoms with Crippen molar-refractivity contribution < 1.29 is 4.52 Å². The molecule has 0 saturated carbocycles. The predicted molar refractivity (Wildman–Crippen MR) is 49.6 cm³/mol. The largest absolute Gasteiger partial charge is 0.461 e. The molecule has 5 nitrogen and oxygen atoms in total. The number of nitrogens with zero attached hydrogens (tertiary/aromatic N) is 2. The predicted octanol–water partition coefficient (Wildman–Crippen LogP) is 0.942. The summed E-state index contributed by atoms with van der Waals surface area (Å²) in [6.07, 6.45) is 0. The van der Waals surface area contributed by atoms with Crippen molar-refractivity contribution in [1.82, 2.24) is 9.72 Å². The molecule has 0 unspecified atom stereocenters. The molecule has 0 amide bonds. The van der Waals surface area contributed by atoms with Gasteiger partial charge in [-0.05, 0) is 11.6 Å². The smallest absolute Gasteiger partial charge is 0.323 e. The van der Waals surface area contributed by atoms with Gasteiger partial charge in [-0.2, -0.15) is 4.74 Å². The van der Waals surface area contributed by atoms with Crippen LogP contribution >= 0.6 is 0 Å². The van der Waals surface area contributed by atoms with E-state index in [1.54, 1.807) is 0 Å². The summed E-state index contributed by atoms with van der Waals surface area (Å²) in [5.41, 5.74) is 2.06. The lowest BCUT2D eigenvalue weighted by molar-refractivity contribution is 0.267. The van der Waals surface area contributed by atoms with Crippen LogP contribution in [0.4, 0.5) is 11.6 Å². The number of nitrogens with one attached hydrogen (secondary N) is 1. The second kappa shape index (κ2) is 2.47. The van der Waals surface area contributed by atoms with Crippen molar-refractivity contribution in [3.05, 3.63) is 40.4 Å². The average Bonchev–Trinajstić information content (AvgIpc) is 2.53. The minimum Gasteiger partial charge on any atom is -0.323 e. The van der Waals surface area contributed by atoms with Gasteiger partial charge in [-0.1, -0.05) is 18.2 Å². The maximum Gasteiger partial charge on any atom is 0.461 e. The zero-order chi connectivity index (χ0) is 9.54. The number of hydrogen-bond acceptors (Lipinski definition) is 4. The van der Waals surface area contributed by atoms with Crippen LogP contribution in [0.3, 0.4) is 0 Å². The Balaban J connectivity index is 2.16. The van der Waals surface area contributed by atoms with E-state index in [-0.39, 0.29) is 0 Å². The highest BCUT2D eigenvalue weighted by Crippen LogP contribution is 2.25. The Morgan fingerprint density at radius 1 is 1.43 bits per heavy atom. The molecule has 70 valence electrons. The van der Waals surface area contributed by atoms with Crippen LogP contribution in [0.1, 0.15) is 5.56 Å². The SMILES string of the molecule is O=c1nc2n(o1)Cc1ccccc1N2. The Hall–Kier alpha value is -2.04. The number of aromatic nitrogens is 2. The maximum absolute atomic E-state index is 10.9. The Labute approximate surface area is 79.0 Å². The first kappa shape index (κ1) is 7.37.